The second kappa shape index (κ2) is 1.65. The van der Waals surface area contributed by atoms with Crippen LogP contribution in [0.2, 0.25) is 0 Å². The van der Waals surface area contributed by atoms with Crippen molar-refractivity contribution in [2.24, 2.45) is 7.05 Å². The Morgan fingerprint density at radius 1 is 1.67 bits per heavy atom. The normalized spacial score (nSPS) is 10.0. The minimum absolute atomic E-state index is 0.00926. The third kappa shape index (κ3) is 0.718. The number of nitrogens with zero attached hydrogens (tertiary/aromatic N) is 2. The van der Waals surface area contributed by atoms with Crippen molar-refractivity contribution in [3.63, 3.8) is 0 Å². The quantitative estimate of drug-likeness (QED) is 0.516. The lowest BCUT2D eigenvalue weighted by atomic mass is 10.5. The maximum atomic E-state index is 8.91. The van der Waals surface area contributed by atoms with Gasteiger partial charge in [-0.2, -0.15) is 4.98 Å². The van der Waals surface area contributed by atoms with E-state index in [4.69, 9.17) is 10.8 Å². The van der Waals surface area contributed by atoms with Crippen molar-refractivity contribution in [2.45, 2.75) is 6.92 Å². The lowest BCUT2D eigenvalue weighted by Gasteiger charge is -1.93. The lowest BCUT2D eigenvalue weighted by molar-refractivity contribution is 0.451. The van der Waals surface area contributed by atoms with Crippen LogP contribution in [0.1, 0.15) is 5.69 Å². The third-order valence-electron chi connectivity index (χ3n) is 1.39. The zero-order valence-corrected chi connectivity index (χ0v) is 5.42. The number of nitrogens with two attached hydrogens (primary N) is 1. The average molecular weight is 127 g/mol. The van der Waals surface area contributed by atoms with Crippen LogP contribution < -0.4 is 5.73 Å². The van der Waals surface area contributed by atoms with Gasteiger partial charge in [0.05, 0.1) is 5.69 Å². The largest absolute Gasteiger partial charge is 0.492 e. The molecule has 0 aromatic carbocycles. The van der Waals surface area contributed by atoms with E-state index in [1.54, 1.807) is 18.5 Å². The lowest BCUT2D eigenvalue weighted by Crippen LogP contribution is -1.97. The molecule has 0 spiro atoms. The van der Waals surface area contributed by atoms with Crippen LogP contribution in [0, 0.1) is 6.92 Å². The van der Waals surface area contributed by atoms with Crippen molar-refractivity contribution in [2.75, 3.05) is 5.73 Å². The molecule has 1 aromatic heterocycles. The monoisotopic (exact) mass is 127 g/mol. The second-order valence-electron chi connectivity index (χ2n) is 1.94. The van der Waals surface area contributed by atoms with Gasteiger partial charge < -0.3 is 15.4 Å². The SMILES string of the molecule is Cc1c(O)nc(N)n1C. The first-order chi connectivity index (χ1) is 4.13. The molecule has 50 valence electrons. The molecule has 1 heterocycles. The molecular formula is C5H9N3O. The molecule has 0 aliphatic rings. The zero-order valence-electron chi connectivity index (χ0n) is 5.42. The van der Waals surface area contributed by atoms with Crippen molar-refractivity contribution < 1.29 is 5.11 Å². The summed E-state index contributed by atoms with van der Waals surface area (Å²) in [5.41, 5.74) is 6.02. The summed E-state index contributed by atoms with van der Waals surface area (Å²) in [4.78, 5) is 3.61. The molecular weight excluding hydrogens is 118 g/mol. The Balaban J connectivity index is 3.29. The molecule has 0 aliphatic carbocycles. The summed E-state index contributed by atoms with van der Waals surface area (Å²) >= 11 is 0. The highest BCUT2D eigenvalue weighted by Gasteiger charge is 2.04. The molecule has 9 heavy (non-hydrogen) atoms. The van der Waals surface area contributed by atoms with Gasteiger partial charge in [0, 0.05) is 7.05 Å². The van der Waals surface area contributed by atoms with Crippen LogP contribution in [-0.4, -0.2) is 14.7 Å². The van der Waals surface area contributed by atoms with Crippen LogP contribution in [0.15, 0.2) is 0 Å². The summed E-state index contributed by atoms with van der Waals surface area (Å²) in [5.74, 6) is 0.347. The first kappa shape index (κ1) is 5.94. The van der Waals surface area contributed by atoms with Crippen LogP contribution in [0.5, 0.6) is 5.88 Å². The molecule has 0 bridgehead atoms. The van der Waals surface area contributed by atoms with Crippen LogP contribution in [0.4, 0.5) is 5.95 Å². The van der Waals surface area contributed by atoms with E-state index in [-0.39, 0.29) is 5.88 Å². The molecule has 0 unspecified atom stereocenters. The fourth-order valence-electron chi connectivity index (χ4n) is 0.586. The first-order valence-electron chi connectivity index (χ1n) is 2.60. The maximum Gasteiger partial charge on any atom is 0.234 e. The fraction of sp³-hybridized carbons (Fsp3) is 0.400. The molecule has 0 aliphatic heterocycles. The summed E-state index contributed by atoms with van der Waals surface area (Å²) in [7, 11) is 1.75. The number of hydrogen-bond donors (Lipinski definition) is 2. The Kier molecular flexibility index (Phi) is 1.09. The molecule has 0 atom stereocenters. The van der Waals surface area contributed by atoms with Gasteiger partial charge in [0.2, 0.25) is 11.8 Å². The van der Waals surface area contributed by atoms with E-state index >= 15 is 0 Å². The highest BCUT2D eigenvalue weighted by Crippen LogP contribution is 2.15. The predicted octanol–water partition coefficient (Wildman–Crippen LogP) is 0.0163. The van der Waals surface area contributed by atoms with Crippen molar-refractivity contribution in [3.8, 4) is 5.88 Å². The molecule has 3 N–H and O–H groups in total. The molecule has 0 saturated carbocycles. The number of nitrogen functional groups attached to an aromatic ring is 1. The topological polar surface area (TPSA) is 64.1 Å². The Morgan fingerprint density at radius 2 is 2.22 bits per heavy atom. The standard InChI is InChI=1S/C5H9N3O/c1-3-4(9)7-5(6)8(3)2/h9H,1-2H3,(H2,6,7). The van der Waals surface area contributed by atoms with Gasteiger partial charge in [-0.1, -0.05) is 0 Å². The van der Waals surface area contributed by atoms with E-state index in [9.17, 15) is 0 Å². The van der Waals surface area contributed by atoms with E-state index in [1.807, 2.05) is 0 Å². The average Bonchev–Trinajstić information content (AvgIpc) is 1.98. The summed E-state index contributed by atoms with van der Waals surface area (Å²) < 4.78 is 1.62. The number of aromatic hydroxyl groups is 1. The summed E-state index contributed by atoms with van der Waals surface area (Å²) in [6.45, 7) is 1.75. The minimum atomic E-state index is 0.00926. The molecule has 4 heteroatoms. The highest BCUT2D eigenvalue weighted by atomic mass is 16.3. The third-order valence-corrected chi connectivity index (χ3v) is 1.39. The number of anilines is 1. The Labute approximate surface area is 52.9 Å². The molecule has 1 rings (SSSR count). The predicted molar refractivity (Wildman–Crippen MR) is 34.0 cm³/mol. The number of aromatic nitrogens is 2. The summed E-state index contributed by atoms with van der Waals surface area (Å²) in [5, 5.41) is 8.91. The Bertz CT molecular complexity index is 206. The molecule has 4 nitrogen and oxygen atoms in total. The summed E-state index contributed by atoms with van der Waals surface area (Å²) in [6, 6.07) is 0. The van der Waals surface area contributed by atoms with E-state index in [1.165, 1.54) is 0 Å². The van der Waals surface area contributed by atoms with Crippen LogP contribution in [0.3, 0.4) is 0 Å². The molecule has 0 fully saturated rings. The van der Waals surface area contributed by atoms with Crippen molar-refractivity contribution in [1.29, 1.82) is 0 Å². The van der Waals surface area contributed by atoms with Crippen LogP contribution in [0.25, 0.3) is 0 Å². The van der Waals surface area contributed by atoms with Crippen molar-refractivity contribution in [1.82, 2.24) is 9.55 Å². The van der Waals surface area contributed by atoms with Gasteiger partial charge in [0.15, 0.2) is 0 Å². The van der Waals surface area contributed by atoms with E-state index in [2.05, 4.69) is 4.98 Å². The van der Waals surface area contributed by atoms with Gasteiger partial charge in [-0.25, -0.2) is 0 Å². The zero-order chi connectivity index (χ0) is 7.02. The molecule has 0 radical (unpaired) electrons. The first-order valence-corrected chi connectivity index (χ1v) is 2.60. The van der Waals surface area contributed by atoms with E-state index in [0.29, 0.717) is 11.6 Å². The van der Waals surface area contributed by atoms with Gasteiger partial charge >= 0.3 is 0 Å². The van der Waals surface area contributed by atoms with Gasteiger partial charge in [-0.15, -0.1) is 0 Å². The fourth-order valence-corrected chi connectivity index (χ4v) is 0.586. The van der Waals surface area contributed by atoms with Gasteiger partial charge in [0.1, 0.15) is 0 Å². The molecule has 0 saturated heterocycles. The van der Waals surface area contributed by atoms with Crippen molar-refractivity contribution >= 4 is 5.95 Å². The Morgan fingerprint density at radius 3 is 2.33 bits per heavy atom. The van der Waals surface area contributed by atoms with Crippen molar-refractivity contribution in [3.05, 3.63) is 5.69 Å². The number of imidazole rings is 1. The Hall–Kier alpha value is -1.19. The molecule has 1 aromatic rings. The van der Waals surface area contributed by atoms with E-state index < -0.39 is 0 Å². The van der Waals surface area contributed by atoms with Crippen LogP contribution >= 0.6 is 0 Å². The summed E-state index contributed by atoms with van der Waals surface area (Å²) in [6.07, 6.45) is 0. The minimum Gasteiger partial charge on any atom is -0.492 e. The highest BCUT2D eigenvalue weighted by molar-refractivity contribution is 5.30. The van der Waals surface area contributed by atoms with Gasteiger partial charge in [0.25, 0.3) is 0 Å². The van der Waals surface area contributed by atoms with Crippen LogP contribution in [-0.2, 0) is 7.05 Å². The molecule has 0 amide bonds. The second-order valence-corrected chi connectivity index (χ2v) is 1.94. The smallest absolute Gasteiger partial charge is 0.234 e. The van der Waals surface area contributed by atoms with Gasteiger partial charge in [-0.05, 0) is 6.92 Å². The van der Waals surface area contributed by atoms with Gasteiger partial charge in [-0.3, -0.25) is 0 Å². The maximum absolute atomic E-state index is 8.91. The number of rotatable bonds is 0. The van der Waals surface area contributed by atoms with E-state index in [0.717, 1.165) is 0 Å². The number of hydrogen-bond acceptors (Lipinski definition) is 3.